The highest BCUT2D eigenvalue weighted by molar-refractivity contribution is 9.09. The van der Waals surface area contributed by atoms with E-state index >= 15 is 0 Å². The predicted octanol–water partition coefficient (Wildman–Crippen LogP) is 5.02. The smallest absolute Gasteiger partial charge is 0.0700 e. The SMILES string of the molecule is CCCC(Br)CCC1CCOC2(CCSCC2)C1. The van der Waals surface area contributed by atoms with Crippen LogP contribution in [0.1, 0.15) is 58.3 Å². The highest BCUT2D eigenvalue weighted by atomic mass is 79.9. The average Bonchev–Trinajstić information content (AvgIpc) is 2.38. The van der Waals surface area contributed by atoms with Crippen molar-refractivity contribution in [1.82, 2.24) is 0 Å². The molecule has 3 heteroatoms. The predicted molar refractivity (Wildman–Crippen MR) is 84.8 cm³/mol. The van der Waals surface area contributed by atoms with Crippen molar-refractivity contribution in [2.24, 2.45) is 5.92 Å². The van der Waals surface area contributed by atoms with Gasteiger partial charge in [0, 0.05) is 11.4 Å². The normalized spacial score (nSPS) is 29.3. The molecule has 2 aliphatic rings. The van der Waals surface area contributed by atoms with Crippen LogP contribution < -0.4 is 0 Å². The number of ether oxygens (including phenoxy) is 1. The van der Waals surface area contributed by atoms with Gasteiger partial charge in [0.2, 0.25) is 0 Å². The maximum absolute atomic E-state index is 6.17. The molecule has 0 aromatic heterocycles. The number of halogens is 1. The number of hydrogen-bond donors (Lipinski definition) is 0. The van der Waals surface area contributed by atoms with Gasteiger partial charge in [0.05, 0.1) is 5.60 Å². The molecule has 0 radical (unpaired) electrons. The van der Waals surface area contributed by atoms with E-state index in [1.807, 2.05) is 0 Å². The maximum atomic E-state index is 6.17. The van der Waals surface area contributed by atoms with E-state index < -0.39 is 0 Å². The summed E-state index contributed by atoms with van der Waals surface area (Å²) in [6.07, 6.45) is 10.6. The Kier molecular flexibility index (Phi) is 6.36. The molecule has 0 aromatic carbocycles. The third-order valence-corrected chi connectivity index (χ3v) is 6.39. The summed E-state index contributed by atoms with van der Waals surface area (Å²) < 4.78 is 6.17. The Morgan fingerprint density at radius 2 is 2.11 bits per heavy atom. The van der Waals surface area contributed by atoms with Crippen LogP contribution in [-0.2, 0) is 4.74 Å². The fourth-order valence-electron chi connectivity index (χ4n) is 3.34. The van der Waals surface area contributed by atoms with Crippen molar-refractivity contribution in [2.45, 2.75) is 68.7 Å². The molecule has 0 aromatic rings. The van der Waals surface area contributed by atoms with Crippen molar-refractivity contribution < 1.29 is 4.74 Å². The van der Waals surface area contributed by atoms with Crippen LogP contribution in [0.15, 0.2) is 0 Å². The molecule has 18 heavy (non-hydrogen) atoms. The van der Waals surface area contributed by atoms with E-state index in [9.17, 15) is 0 Å². The summed E-state index contributed by atoms with van der Waals surface area (Å²) >= 11 is 5.92. The lowest BCUT2D eigenvalue weighted by Gasteiger charge is -2.43. The summed E-state index contributed by atoms with van der Waals surface area (Å²) in [5.74, 6) is 3.53. The number of hydrogen-bond acceptors (Lipinski definition) is 2. The molecule has 106 valence electrons. The third kappa shape index (κ3) is 4.42. The molecule has 1 nitrogen and oxygen atoms in total. The summed E-state index contributed by atoms with van der Waals surface area (Å²) in [6.45, 7) is 3.29. The van der Waals surface area contributed by atoms with Crippen molar-refractivity contribution >= 4 is 27.7 Å². The Bertz CT molecular complexity index is 235. The quantitative estimate of drug-likeness (QED) is 0.652. The van der Waals surface area contributed by atoms with Gasteiger partial charge in [0.25, 0.3) is 0 Å². The van der Waals surface area contributed by atoms with Crippen molar-refractivity contribution in [2.75, 3.05) is 18.1 Å². The van der Waals surface area contributed by atoms with Crippen LogP contribution >= 0.6 is 27.7 Å². The lowest BCUT2D eigenvalue weighted by atomic mass is 9.80. The van der Waals surface area contributed by atoms with E-state index in [2.05, 4.69) is 34.6 Å². The second-order valence-electron chi connectivity index (χ2n) is 5.97. The van der Waals surface area contributed by atoms with E-state index in [1.54, 1.807) is 0 Å². The summed E-state index contributed by atoms with van der Waals surface area (Å²) in [4.78, 5) is 0.739. The minimum Gasteiger partial charge on any atom is -0.375 e. The van der Waals surface area contributed by atoms with E-state index in [4.69, 9.17) is 4.74 Å². The average molecular weight is 335 g/mol. The Morgan fingerprint density at radius 3 is 2.83 bits per heavy atom. The van der Waals surface area contributed by atoms with Gasteiger partial charge in [0.1, 0.15) is 0 Å². The monoisotopic (exact) mass is 334 g/mol. The third-order valence-electron chi connectivity index (χ3n) is 4.49. The van der Waals surface area contributed by atoms with Gasteiger partial charge in [-0.25, -0.2) is 0 Å². The maximum Gasteiger partial charge on any atom is 0.0700 e. The minimum atomic E-state index is 0.279. The van der Waals surface area contributed by atoms with E-state index in [0.29, 0.717) is 0 Å². The molecule has 2 heterocycles. The first kappa shape index (κ1) is 15.2. The zero-order chi connectivity index (χ0) is 12.8. The molecule has 2 fully saturated rings. The highest BCUT2D eigenvalue weighted by Crippen LogP contribution is 2.41. The molecule has 2 unspecified atom stereocenters. The van der Waals surface area contributed by atoms with Crippen molar-refractivity contribution in [3.63, 3.8) is 0 Å². The zero-order valence-corrected chi connectivity index (χ0v) is 14.0. The van der Waals surface area contributed by atoms with Crippen LogP contribution in [0.5, 0.6) is 0 Å². The lowest BCUT2D eigenvalue weighted by molar-refractivity contribution is -0.103. The van der Waals surface area contributed by atoms with E-state index in [-0.39, 0.29) is 5.60 Å². The molecule has 0 bridgehead atoms. The fraction of sp³-hybridized carbons (Fsp3) is 1.00. The molecule has 0 N–H and O–H groups in total. The van der Waals surface area contributed by atoms with Crippen molar-refractivity contribution in [1.29, 1.82) is 0 Å². The van der Waals surface area contributed by atoms with Gasteiger partial charge in [-0.15, -0.1) is 0 Å². The Hall–Kier alpha value is 0.790. The molecule has 2 saturated heterocycles. The molecule has 2 aliphatic heterocycles. The summed E-state index contributed by atoms with van der Waals surface area (Å²) in [5.41, 5.74) is 0.279. The van der Waals surface area contributed by atoms with Gasteiger partial charge in [-0.2, -0.15) is 11.8 Å². The molecule has 0 saturated carbocycles. The van der Waals surface area contributed by atoms with Crippen LogP contribution in [0, 0.1) is 5.92 Å². The number of rotatable bonds is 5. The lowest BCUT2D eigenvalue weighted by Crippen LogP contribution is -2.42. The first-order chi connectivity index (χ1) is 8.74. The Morgan fingerprint density at radius 1 is 1.33 bits per heavy atom. The zero-order valence-electron chi connectivity index (χ0n) is 11.6. The Labute approximate surface area is 125 Å². The second-order valence-corrected chi connectivity index (χ2v) is 8.49. The van der Waals surface area contributed by atoms with Crippen molar-refractivity contribution in [3.05, 3.63) is 0 Å². The summed E-state index contributed by atoms with van der Waals surface area (Å²) in [6, 6.07) is 0. The molecule has 1 spiro atoms. The second kappa shape index (κ2) is 7.54. The van der Waals surface area contributed by atoms with Gasteiger partial charge in [0.15, 0.2) is 0 Å². The topological polar surface area (TPSA) is 9.23 Å². The van der Waals surface area contributed by atoms with Gasteiger partial charge >= 0.3 is 0 Å². The van der Waals surface area contributed by atoms with Gasteiger partial charge in [-0.3, -0.25) is 0 Å². The molecular weight excluding hydrogens is 308 g/mol. The van der Waals surface area contributed by atoms with Crippen LogP contribution in [0.2, 0.25) is 0 Å². The molecular formula is C15H27BrOS. The number of thioether (sulfide) groups is 1. The molecule has 0 aliphatic carbocycles. The van der Waals surface area contributed by atoms with Gasteiger partial charge in [-0.05, 0) is 62.4 Å². The fourth-order valence-corrected chi connectivity index (χ4v) is 5.30. The van der Waals surface area contributed by atoms with E-state index in [1.165, 1.54) is 62.9 Å². The van der Waals surface area contributed by atoms with Gasteiger partial charge < -0.3 is 4.74 Å². The molecule has 2 atom stereocenters. The van der Waals surface area contributed by atoms with E-state index in [0.717, 1.165) is 17.4 Å². The first-order valence-corrected chi connectivity index (χ1v) is 9.67. The van der Waals surface area contributed by atoms with Crippen LogP contribution in [-0.4, -0.2) is 28.5 Å². The summed E-state index contributed by atoms with van der Waals surface area (Å²) in [7, 11) is 0. The van der Waals surface area contributed by atoms with Crippen LogP contribution in [0.3, 0.4) is 0 Å². The van der Waals surface area contributed by atoms with Crippen LogP contribution in [0.4, 0.5) is 0 Å². The molecule has 2 rings (SSSR count). The number of alkyl halides is 1. The standard InChI is InChI=1S/C15H27BrOS/c1-2-3-14(16)5-4-13-6-9-17-15(12-13)7-10-18-11-8-15/h13-14H,2-12H2,1H3. The van der Waals surface area contributed by atoms with Crippen LogP contribution in [0.25, 0.3) is 0 Å². The Balaban J connectivity index is 1.76. The minimum absolute atomic E-state index is 0.279. The first-order valence-electron chi connectivity index (χ1n) is 7.60. The van der Waals surface area contributed by atoms with Crippen molar-refractivity contribution in [3.8, 4) is 0 Å². The summed E-state index contributed by atoms with van der Waals surface area (Å²) in [5, 5.41) is 0. The largest absolute Gasteiger partial charge is 0.375 e. The highest BCUT2D eigenvalue weighted by Gasteiger charge is 2.38. The van der Waals surface area contributed by atoms with Gasteiger partial charge in [-0.1, -0.05) is 29.3 Å². The molecule has 0 amide bonds.